The summed E-state index contributed by atoms with van der Waals surface area (Å²) in [5, 5.41) is 3.24. The molecule has 2 heterocycles. The molecule has 2 aromatic heterocycles. The molecule has 2 aromatic rings. The van der Waals surface area contributed by atoms with E-state index < -0.39 is 5.82 Å². The third-order valence-corrected chi connectivity index (χ3v) is 6.11. The zero-order chi connectivity index (χ0) is 19.0. The maximum atomic E-state index is 15.1. The number of aromatic nitrogens is 3. The van der Waals surface area contributed by atoms with Crippen LogP contribution in [0.25, 0.3) is 11.4 Å². The number of hydrogen-bond donors (Lipinski definition) is 2. The van der Waals surface area contributed by atoms with Crippen molar-refractivity contribution in [1.29, 1.82) is 0 Å². The van der Waals surface area contributed by atoms with Gasteiger partial charge in [-0.3, -0.25) is 4.79 Å². The van der Waals surface area contributed by atoms with Crippen LogP contribution in [0.5, 0.6) is 0 Å². The molecule has 0 aromatic carbocycles. The summed E-state index contributed by atoms with van der Waals surface area (Å²) >= 11 is 3.27. The molecular weight excluding hydrogens is 415 g/mol. The Kier molecular flexibility index (Phi) is 5.16. The molecule has 5 rings (SSSR count). The minimum atomic E-state index is -0.523. The number of anilines is 1. The van der Waals surface area contributed by atoms with E-state index >= 15 is 4.39 Å². The van der Waals surface area contributed by atoms with Gasteiger partial charge in [0.05, 0.1) is 18.2 Å². The third kappa shape index (κ3) is 3.47. The second kappa shape index (κ2) is 7.58. The summed E-state index contributed by atoms with van der Waals surface area (Å²) in [5.74, 6) is -0.269. The van der Waals surface area contributed by atoms with Crippen LogP contribution in [-0.4, -0.2) is 33.6 Å². The maximum absolute atomic E-state index is 15.1. The Labute approximate surface area is 165 Å². The Bertz CT molecular complexity index is 821. The molecule has 3 aliphatic carbocycles. The normalized spacial score (nSPS) is 26.8. The van der Waals surface area contributed by atoms with Crippen LogP contribution in [0.1, 0.15) is 32.6 Å². The van der Waals surface area contributed by atoms with Crippen molar-refractivity contribution in [3.05, 3.63) is 28.9 Å². The highest BCUT2D eigenvalue weighted by Crippen LogP contribution is 2.47. The first kappa shape index (κ1) is 18.4. The summed E-state index contributed by atoms with van der Waals surface area (Å²) in [6, 6.07) is 3.37. The standard InChI is InChI=1S/C19H22BrFN4O2/c1-2-27-18(26)13-10-5-7-11(8-6-10)15(13)23-17-14(21)16(24-19(20)25-17)12-4-3-9-22-12/h3-4,9-11,13,15,22H,2,5-8H2,1H3,(H,23,24,25)/t10?,11?,13-,15-/m1/s1. The molecule has 0 amide bonds. The Balaban J connectivity index is 1.67. The molecule has 2 N–H and O–H groups in total. The minimum absolute atomic E-state index is 0.119. The number of aromatic amines is 1. The van der Waals surface area contributed by atoms with Crippen molar-refractivity contribution in [2.24, 2.45) is 17.8 Å². The average molecular weight is 437 g/mol. The lowest BCUT2D eigenvalue weighted by atomic mass is 9.61. The molecule has 2 bridgehead atoms. The molecule has 144 valence electrons. The van der Waals surface area contributed by atoms with Crippen LogP contribution in [0.4, 0.5) is 10.2 Å². The van der Waals surface area contributed by atoms with Crippen LogP contribution in [0.3, 0.4) is 0 Å². The number of esters is 1. The third-order valence-electron chi connectivity index (χ3n) is 5.76. The predicted molar refractivity (Wildman–Crippen MR) is 102 cm³/mol. The van der Waals surface area contributed by atoms with Crippen molar-refractivity contribution in [3.8, 4) is 11.4 Å². The number of rotatable bonds is 5. The van der Waals surface area contributed by atoms with Gasteiger partial charge in [-0.25, -0.2) is 14.4 Å². The van der Waals surface area contributed by atoms with Gasteiger partial charge in [0.25, 0.3) is 0 Å². The van der Waals surface area contributed by atoms with Gasteiger partial charge in [-0.05, 0) is 72.5 Å². The minimum Gasteiger partial charge on any atom is -0.466 e. The molecule has 3 fully saturated rings. The van der Waals surface area contributed by atoms with E-state index in [1.54, 1.807) is 18.3 Å². The first-order valence-electron chi connectivity index (χ1n) is 9.38. The summed E-state index contributed by atoms with van der Waals surface area (Å²) in [6.07, 6.45) is 5.84. The molecule has 3 saturated carbocycles. The summed E-state index contributed by atoms with van der Waals surface area (Å²) in [4.78, 5) is 23.9. The van der Waals surface area contributed by atoms with Crippen molar-refractivity contribution in [3.63, 3.8) is 0 Å². The van der Waals surface area contributed by atoms with Crippen LogP contribution in [0.2, 0.25) is 0 Å². The van der Waals surface area contributed by atoms with Crippen molar-refractivity contribution < 1.29 is 13.9 Å². The quantitative estimate of drug-likeness (QED) is 0.543. The Morgan fingerprint density at radius 3 is 2.74 bits per heavy atom. The zero-order valence-electron chi connectivity index (χ0n) is 15.0. The first-order chi connectivity index (χ1) is 13.1. The lowest BCUT2D eigenvalue weighted by Gasteiger charge is -2.47. The number of nitrogens with zero attached hydrogens (tertiary/aromatic N) is 2. The summed E-state index contributed by atoms with van der Waals surface area (Å²) in [6.45, 7) is 2.16. The fourth-order valence-corrected chi connectivity index (χ4v) is 4.92. The molecule has 0 saturated heterocycles. The van der Waals surface area contributed by atoms with Crippen molar-refractivity contribution in [2.75, 3.05) is 11.9 Å². The number of carbonyl (C=O) groups is 1. The highest BCUT2D eigenvalue weighted by Gasteiger charge is 2.48. The number of ether oxygens (including phenoxy) is 1. The van der Waals surface area contributed by atoms with E-state index in [2.05, 4.69) is 36.2 Å². The van der Waals surface area contributed by atoms with Gasteiger partial charge >= 0.3 is 5.97 Å². The van der Waals surface area contributed by atoms with Crippen molar-refractivity contribution in [1.82, 2.24) is 15.0 Å². The number of nitrogens with one attached hydrogen (secondary N) is 2. The lowest BCUT2D eigenvalue weighted by molar-refractivity contribution is -0.154. The van der Waals surface area contributed by atoms with Gasteiger partial charge in [0.1, 0.15) is 5.69 Å². The number of carbonyl (C=O) groups excluding carboxylic acids is 1. The molecule has 0 radical (unpaired) electrons. The second-order valence-corrected chi connectivity index (χ2v) is 7.92. The Morgan fingerprint density at radius 1 is 1.33 bits per heavy atom. The molecule has 2 atom stereocenters. The molecule has 8 heteroatoms. The molecule has 0 spiro atoms. The summed E-state index contributed by atoms with van der Waals surface area (Å²) in [7, 11) is 0. The Hall–Kier alpha value is -1.96. The van der Waals surface area contributed by atoms with Gasteiger partial charge < -0.3 is 15.0 Å². The first-order valence-corrected chi connectivity index (χ1v) is 10.2. The topological polar surface area (TPSA) is 79.9 Å². The lowest BCUT2D eigenvalue weighted by Crippen LogP contribution is -2.52. The van der Waals surface area contributed by atoms with E-state index in [4.69, 9.17) is 4.74 Å². The number of H-pyrrole nitrogens is 1. The van der Waals surface area contributed by atoms with Crippen LogP contribution in [0, 0.1) is 23.6 Å². The molecule has 6 nitrogen and oxygen atoms in total. The van der Waals surface area contributed by atoms with Gasteiger partial charge in [0.15, 0.2) is 16.4 Å². The van der Waals surface area contributed by atoms with E-state index in [-0.39, 0.29) is 35.4 Å². The number of fused-ring (bicyclic) bond motifs is 3. The molecule has 27 heavy (non-hydrogen) atoms. The highest BCUT2D eigenvalue weighted by atomic mass is 79.9. The van der Waals surface area contributed by atoms with Crippen LogP contribution >= 0.6 is 15.9 Å². The summed E-state index contributed by atoms with van der Waals surface area (Å²) < 4.78 is 20.8. The van der Waals surface area contributed by atoms with Crippen molar-refractivity contribution in [2.45, 2.75) is 38.6 Å². The van der Waals surface area contributed by atoms with E-state index in [0.29, 0.717) is 23.0 Å². The van der Waals surface area contributed by atoms with Gasteiger partial charge in [-0.15, -0.1) is 0 Å². The number of halogens is 2. The molecule has 3 aliphatic rings. The van der Waals surface area contributed by atoms with E-state index in [1.165, 1.54) is 0 Å². The van der Waals surface area contributed by atoms with Gasteiger partial charge in [0.2, 0.25) is 0 Å². The van der Waals surface area contributed by atoms with E-state index in [1.807, 2.05) is 6.92 Å². The average Bonchev–Trinajstić information content (AvgIpc) is 3.20. The van der Waals surface area contributed by atoms with Gasteiger partial charge in [-0.2, -0.15) is 0 Å². The van der Waals surface area contributed by atoms with E-state index in [9.17, 15) is 4.79 Å². The fourth-order valence-electron chi connectivity index (χ4n) is 4.56. The van der Waals surface area contributed by atoms with Gasteiger partial charge in [0, 0.05) is 12.2 Å². The Morgan fingerprint density at radius 2 is 2.07 bits per heavy atom. The van der Waals surface area contributed by atoms with Crippen LogP contribution < -0.4 is 5.32 Å². The molecule has 0 aliphatic heterocycles. The smallest absolute Gasteiger partial charge is 0.311 e. The molecular formula is C19H22BrFN4O2. The predicted octanol–water partition coefficient (Wildman–Crippen LogP) is 4.15. The van der Waals surface area contributed by atoms with Crippen molar-refractivity contribution >= 4 is 27.7 Å². The van der Waals surface area contributed by atoms with Crippen LogP contribution in [0.15, 0.2) is 23.1 Å². The zero-order valence-corrected chi connectivity index (χ0v) is 16.6. The SMILES string of the molecule is CCOC(=O)[C@@H]1C2CCC(CC2)[C@H]1Nc1nc(Br)nc(-c2ccc[nH]2)c1F. The largest absolute Gasteiger partial charge is 0.466 e. The second-order valence-electron chi connectivity index (χ2n) is 7.21. The highest BCUT2D eigenvalue weighted by molar-refractivity contribution is 9.10. The monoisotopic (exact) mass is 436 g/mol. The van der Waals surface area contributed by atoms with E-state index in [0.717, 1.165) is 25.7 Å². The van der Waals surface area contributed by atoms with Gasteiger partial charge in [-0.1, -0.05) is 0 Å². The van der Waals surface area contributed by atoms with Crippen LogP contribution in [-0.2, 0) is 9.53 Å². The molecule has 0 unspecified atom stereocenters. The maximum Gasteiger partial charge on any atom is 0.311 e. The fraction of sp³-hybridized carbons (Fsp3) is 0.526. The number of hydrogen-bond acceptors (Lipinski definition) is 5. The summed E-state index contributed by atoms with van der Waals surface area (Å²) in [5.41, 5.74) is 0.767.